The van der Waals surface area contributed by atoms with Crippen LogP contribution in [0.5, 0.6) is 0 Å². The lowest BCUT2D eigenvalue weighted by molar-refractivity contribution is 1.17. The minimum atomic E-state index is 1.10. The maximum absolute atomic E-state index is 2.46. The van der Waals surface area contributed by atoms with Crippen molar-refractivity contribution in [2.75, 3.05) is 4.90 Å². The summed E-state index contributed by atoms with van der Waals surface area (Å²) in [6.07, 6.45) is 0. The van der Waals surface area contributed by atoms with Crippen molar-refractivity contribution in [1.29, 1.82) is 0 Å². The number of aromatic nitrogens is 3. The quantitative estimate of drug-likeness (QED) is 0.141. The van der Waals surface area contributed by atoms with Gasteiger partial charge in [0.1, 0.15) is 0 Å². The Hall–Kier alpha value is -10.2. The molecule has 0 saturated heterocycles. The van der Waals surface area contributed by atoms with E-state index in [0.717, 1.165) is 39.6 Å². The van der Waals surface area contributed by atoms with Crippen LogP contribution in [0.2, 0.25) is 0 Å². The Kier molecular flexibility index (Phi) is 10.2. The molecule has 12 aromatic carbocycles. The molecule has 0 radical (unpaired) electrons. The van der Waals surface area contributed by atoms with Crippen molar-refractivity contribution in [3.05, 3.63) is 291 Å². The van der Waals surface area contributed by atoms with E-state index in [0.29, 0.717) is 0 Å². The molecular weight excluding hydrogens is 921 g/mol. The van der Waals surface area contributed by atoms with E-state index >= 15 is 0 Å². The topological polar surface area (TPSA) is 18.0 Å². The number of anilines is 3. The molecule has 0 bridgehead atoms. The maximum Gasteiger partial charge on any atom is 0.0542 e. The van der Waals surface area contributed by atoms with Gasteiger partial charge in [0.2, 0.25) is 0 Å². The van der Waals surface area contributed by atoms with E-state index < -0.39 is 0 Å². The van der Waals surface area contributed by atoms with Crippen LogP contribution in [-0.4, -0.2) is 13.7 Å². The van der Waals surface area contributed by atoms with Crippen molar-refractivity contribution >= 4 is 82.5 Å². The summed E-state index contributed by atoms with van der Waals surface area (Å²) < 4.78 is 7.28. The minimum absolute atomic E-state index is 1.10. The largest absolute Gasteiger partial charge is 0.311 e. The van der Waals surface area contributed by atoms with Crippen molar-refractivity contribution in [2.45, 2.75) is 0 Å². The number of nitrogens with zero attached hydrogens (tertiary/aromatic N) is 4. The fourth-order valence-corrected chi connectivity index (χ4v) is 11.9. The molecule has 15 rings (SSSR count). The smallest absolute Gasteiger partial charge is 0.0542 e. The minimum Gasteiger partial charge on any atom is -0.311 e. The van der Waals surface area contributed by atoms with E-state index in [1.807, 2.05) is 0 Å². The maximum atomic E-state index is 2.46. The van der Waals surface area contributed by atoms with Crippen LogP contribution >= 0.6 is 0 Å². The first-order chi connectivity index (χ1) is 37.7. The number of hydrogen-bond acceptors (Lipinski definition) is 1. The van der Waals surface area contributed by atoms with Crippen LogP contribution in [0, 0.1) is 0 Å². The highest BCUT2D eigenvalue weighted by Crippen LogP contribution is 2.43. The van der Waals surface area contributed by atoms with Crippen LogP contribution in [0.1, 0.15) is 0 Å². The highest BCUT2D eigenvalue weighted by Gasteiger charge is 2.20. The van der Waals surface area contributed by atoms with Gasteiger partial charge in [0.15, 0.2) is 0 Å². The molecule has 3 aromatic heterocycles. The summed E-state index contributed by atoms with van der Waals surface area (Å²) in [4.78, 5) is 2.31. The summed E-state index contributed by atoms with van der Waals surface area (Å²) >= 11 is 0. The van der Waals surface area contributed by atoms with Crippen molar-refractivity contribution < 1.29 is 0 Å². The average Bonchev–Trinajstić information content (AvgIpc) is 4.20. The zero-order valence-corrected chi connectivity index (χ0v) is 41.5. The molecule has 0 amide bonds. The summed E-state index contributed by atoms with van der Waals surface area (Å²) in [6.45, 7) is 0. The van der Waals surface area contributed by atoms with Crippen LogP contribution in [0.25, 0.3) is 116 Å². The van der Waals surface area contributed by atoms with E-state index in [1.165, 1.54) is 93.3 Å². The summed E-state index contributed by atoms with van der Waals surface area (Å²) in [7, 11) is 0. The molecule has 356 valence electrons. The summed E-state index contributed by atoms with van der Waals surface area (Å²) in [6, 6.07) is 106. The Balaban J connectivity index is 0.900. The second-order valence-electron chi connectivity index (χ2n) is 19.7. The lowest BCUT2D eigenvalue weighted by Crippen LogP contribution is -2.09. The van der Waals surface area contributed by atoms with Gasteiger partial charge in [-0.1, -0.05) is 158 Å². The molecule has 76 heavy (non-hydrogen) atoms. The van der Waals surface area contributed by atoms with Gasteiger partial charge in [-0.2, -0.15) is 0 Å². The van der Waals surface area contributed by atoms with Gasteiger partial charge in [-0.25, -0.2) is 0 Å². The van der Waals surface area contributed by atoms with Crippen LogP contribution < -0.4 is 4.90 Å². The Morgan fingerprint density at radius 3 is 0.947 bits per heavy atom. The third-order valence-corrected chi connectivity index (χ3v) is 15.4. The second kappa shape index (κ2) is 17.8. The number of rotatable bonds is 9. The fourth-order valence-electron chi connectivity index (χ4n) is 11.9. The lowest BCUT2D eigenvalue weighted by Gasteiger charge is -2.25. The zero-order valence-electron chi connectivity index (χ0n) is 41.5. The summed E-state index contributed by atoms with van der Waals surface area (Å²) in [5.74, 6) is 0. The van der Waals surface area contributed by atoms with Gasteiger partial charge < -0.3 is 18.6 Å². The molecule has 0 saturated carbocycles. The number of hydrogen-bond donors (Lipinski definition) is 0. The van der Waals surface area contributed by atoms with Gasteiger partial charge in [0, 0.05) is 66.4 Å². The normalized spacial score (nSPS) is 11.7. The van der Waals surface area contributed by atoms with Gasteiger partial charge in [-0.15, -0.1) is 0 Å². The van der Waals surface area contributed by atoms with Gasteiger partial charge in [-0.3, -0.25) is 0 Å². The second-order valence-corrected chi connectivity index (χ2v) is 19.7. The molecule has 0 spiro atoms. The van der Waals surface area contributed by atoms with E-state index in [2.05, 4.69) is 310 Å². The van der Waals surface area contributed by atoms with Crippen molar-refractivity contribution in [3.63, 3.8) is 0 Å². The monoisotopic (exact) mass is 968 g/mol. The third-order valence-electron chi connectivity index (χ3n) is 15.4. The first-order valence-electron chi connectivity index (χ1n) is 26.1. The zero-order chi connectivity index (χ0) is 50.1. The van der Waals surface area contributed by atoms with E-state index in [4.69, 9.17) is 0 Å². The SMILES string of the molecule is c1ccc(-c2ccc3c(c2)c2cc(-c4ccc5c(c4)c4cc(-c6ccccc6)ccc4n5-c4ccc5c(c4)c4ccccc4n5-c4ccccc4)ccc2n3-c2ccc(N(c3ccccc3)c3ccccc3)cc2)cc1. The Morgan fingerprint density at radius 2 is 0.487 bits per heavy atom. The highest BCUT2D eigenvalue weighted by molar-refractivity contribution is 6.15. The predicted molar refractivity (Wildman–Crippen MR) is 320 cm³/mol. The number of benzene rings is 12. The van der Waals surface area contributed by atoms with Crippen molar-refractivity contribution in [1.82, 2.24) is 13.7 Å². The molecule has 4 heteroatoms. The average molecular weight is 969 g/mol. The van der Waals surface area contributed by atoms with Crippen LogP contribution in [0.15, 0.2) is 291 Å². The lowest BCUT2D eigenvalue weighted by atomic mass is 9.98. The molecule has 0 aliphatic heterocycles. The van der Waals surface area contributed by atoms with Crippen LogP contribution in [0.4, 0.5) is 17.1 Å². The molecule has 4 nitrogen and oxygen atoms in total. The Morgan fingerprint density at radius 1 is 0.184 bits per heavy atom. The molecular formula is C72H48N4. The van der Waals surface area contributed by atoms with Gasteiger partial charge in [0.25, 0.3) is 0 Å². The summed E-state index contributed by atoms with van der Waals surface area (Å²) in [5.41, 5.74) is 20.9. The number of para-hydroxylation sites is 4. The van der Waals surface area contributed by atoms with Crippen LogP contribution in [0.3, 0.4) is 0 Å². The van der Waals surface area contributed by atoms with Gasteiger partial charge in [0.05, 0.1) is 33.1 Å². The Labute approximate surface area is 440 Å². The Bertz CT molecular complexity index is 4610. The van der Waals surface area contributed by atoms with E-state index in [9.17, 15) is 0 Å². The first kappa shape index (κ1) is 43.4. The molecule has 0 unspecified atom stereocenters. The van der Waals surface area contributed by atoms with E-state index in [-0.39, 0.29) is 0 Å². The predicted octanol–water partition coefficient (Wildman–Crippen LogP) is 19.4. The molecule has 3 heterocycles. The molecule has 15 aromatic rings. The molecule has 0 fully saturated rings. The van der Waals surface area contributed by atoms with Gasteiger partial charge in [-0.05, 0) is 167 Å². The number of fused-ring (bicyclic) bond motifs is 9. The van der Waals surface area contributed by atoms with Crippen molar-refractivity contribution in [3.8, 4) is 50.4 Å². The highest BCUT2D eigenvalue weighted by atomic mass is 15.1. The summed E-state index contributed by atoms with van der Waals surface area (Å²) in [5, 5.41) is 7.32. The van der Waals surface area contributed by atoms with Crippen molar-refractivity contribution in [2.24, 2.45) is 0 Å². The molecule has 0 N–H and O–H groups in total. The van der Waals surface area contributed by atoms with Crippen LogP contribution in [-0.2, 0) is 0 Å². The van der Waals surface area contributed by atoms with Gasteiger partial charge >= 0.3 is 0 Å². The fraction of sp³-hybridized carbons (Fsp3) is 0. The van der Waals surface area contributed by atoms with E-state index in [1.54, 1.807) is 0 Å². The third kappa shape index (κ3) is 7.14. The molecule has 0 aliphatic carbocycles. The first-order valence-corrected chi connectivity index (χ1v) is 26.1. The standard InChI is InChI=1S/C72H48N4/c1-6-18-49(19-7-1)51-30-39-68-62(44-51)64-46-53(32-41-69(64)75(68)59-36-34-58(35-37-59)73(55-22-10-3-11-23-55)56-24-12-4-13-25-56)54-33-42-71-65(47-54)63-45-52(50-20-8-2-9-21-50)31-40-70(63)76(71)60-38-43-72-66(48-60)61-28-16-17-29-67(61)74(72)57-26-14-5-15-27-57/h1-48H. The molecule has 0 aliphatic rings. The molecule has 0 atom stereocenters.